The van der Waals surface area contributed by atoms with Gasteiger partial charge < -0.3 is 14.2 Å². The maximum atomic E-state index is 15.6. The lowest BCUT2D eigenvalue weighted by molar-refractivity contribution is -0.138. The first-order chi connectivity index (χ1) is 15.6. The zero-order chi connectivity index (χ0) is 23.5. The summed E-state index contributed by atoms with van der Waals surface area (Å²) >= 11 is 3.07. The summed E-state index contributed by atoms with van der Waals surface area (Å²) in [5.74, 6) is -0.397. The minimum Gasteiger partial charge on any atom is -0.379 e. The van der Waals surface area contributed by atoms with Gasteiger partial charge in [-0.3, -0.25) is 4.79 Å². The molecule has 11 heteroatoms. The Morgan fingerprint density at radius 3 is 2.58 bits per heavy atom. The summed E-state index contributed by atoms with van der Waals surface area (Å²) in [4.78, 5) is 14.3. The highest BCUT2D eigenvalue weighted by Gasteiger charge is 2.51. The van der Waals surface area contributed by atoms with Crippen LogP contribution in [0.4, 0.5) is 23.2 Å². The lowest BCUT2D eigenvalue weighted by Gasteiger charge is -2.43. The van der Waals surface area contributed by atoms with Crippen LogP contribution < -0.4 is 4.90 Å². The van der Waals surface area contributed by atoms with Gasteiger partial charge >= 0.3 is 6.18 Å². The number of alkyl halides is 4. The number of nitrogens with zero attached hydrogens (tertiary/aromatic N) is 4. The van der Waals surface area contributed by atoms with E-state index in [1.165, 1.54) is 21.9 Å². The molecule has 0 unspecified atom stereocenters. The van der Waals surface area contributed by atoms with Gasteiger partial charge in [-0.25, -0.2) is 4.39 Å². The van der Waals surface area contributed by atoms with E-state index < -0.39 is 29.2 Å². The Kier molecular flexibility index (Phi) is 5.09. The molecule has 2 aliphatic rings. The van der Waals surface area contributed by atoms with Crippen molar-refractivity contribution in [3.05, 3.63) is 75.3 Å². The van der Waals surface area contributed by atoms with Crippen LogP contribution in [0.5, 0.6) is 0 Å². The van der Waals surface area contributed by atoms with Crippen LogP contribution in [0.2, 0.25) is 0 Å². The molecule has 172 valence electrons. The number of carbonyl (C=O) groups is 1. The van der Waals surface area contributed by atoms with Crippen LogP contribution in [-0.2, 0) is 29.9 Å². The Morgan fingerprint density at radius 2 is 1.97 bits per heavy atom. The van der Waals surface area contributed by atoms with Crippen molar-refractivity contribution in [3.8, 4) is 0 Å². The van der Waals surface area contributed by atoms with Gasteiger partial charge in [0.2, 0.25) is 0 Å². The fourth-order valence-corrected chi connectivity index (χ4v) is 4.83. The van der Waals surface area contributed by atoms with Crippen LogP contribution in [0.25, 0.3) is 0 Å². The van der Waals surface area contributed by atoms with Gasteiger partial charge in [-0.2, -0.15) is 13.2 Å². The van der Waals surface area contributed by atoms with Gasteiger partial charge in [0, 0.05) is 22.8 Å². The van der Waals surface area contributed by atoms with Crippen LogP contribution in [0, 0.1) is 0 Å². The molecule has 0 N–H and O–H groups in total. The van der Waals surface area contributed by atoms with Gasteiger partial charge in [-0.05, 0) is 35.4 Å². The fraction of sp³-hybridized carbons (Fsp3) is 0.318. The molecule has 0 bridgehead atoms. The monoisotopic (exact) mass is 524 g/mol. The molecule has 5 rings (SSSR count). The number of hydrogen-bond acceptors (Lipinski definition) is 4. The summed E-state index contributed by atoms with van der Waals surface area (Å²) in [7, 11) is 1.64. The van der Waals surface area contributed by atoms with E-state index in [4.69, 9.17) is 4.74 Å². The second-order valence-corrected chi connectivity index (χ2v) is 9.15. The van der Waals surface area contributed by atoms with Crippen molar-refractivity contribution in [3.63, 3.8) is 0 Å². The normalized spacial score (nSPS) is 18.2. The zero-order valence-corrected chi connectivity index (χ0v) is 18.8. The molecule has 1 amide bonds. The number of fused-ring (bicyclic) bond motifs is 1. The molecular weight excluding hydrogens is 508 g/mol. The summed E-state index contributed by atoms with van der Waals surface area (Å²) in [5, 5.41) is 7.62. The van der Waals surface area contributed by atoms with Crippen LogP contribution in [0.1, 0.15) is 39.0 Å². The molecule has 1 fully saturated rings. The van der Waals surface area contributed by atoms with Gasteiger partial charge in [0.05, 0.1) is 30.7 Å². The maximum absolute atomic E-state index is 15.6. The van der Waals surface area contributed by atoms with Crippen molar-refractivity contribution in [1.82, 2.24) is 14.8 Å². The molecule has 3 heterocycles. The number of halogens is 5. The molecule has 2 aliphatic heterocycles. The molecule has 3 aromatic rings. The first-order valence-corrected chi connectivity index (χ1v) is 10.8. The number of amides is 1. The number of carbonyl (C=O) groups excluding carboxylic acids is 1. The summed E-state index contributed by atoms with van der Waals surface area (Å²) in [6.45, 7) is -0.0285. The van der Waals surface area contributed by atoms with Gasteiger partial charge in [-0.15, -0.1) is 10.2 Å². The topological polar surface area (TPSA) is 60.2 Å². The number of aryl methyl sites for hydroxylation is 1. The summed E-state index contributed by atoms with van der Waals surface area (Å²) < 4.78 is 63.4. The third-order valence-corrected chi connectivity index (χ3v) is 6.68. The Labute approximate surface area is 194 Å². The predicted octanol–water partition coefficient (Wildman–Crippen LogP) is 4.74. The van der Waals surface area contributed by atoms with E-state index >= 15 is 4.39 Å². The van der Waals surface area contributed by atoms with Gasteiger partial charge in [0.25, 0.3) is 5.91 Å². The third kappa shape index (κ3) is 3.45. The van der Waals surface area contributed by atoms with Gasteiger partial charge in [0.1, 0.15) is 6.33 Å². The van der Waals surface area contributed by atoms with E-state index in [0.717, 1.165) is 6.07 Å². The summed E-state index contributed by atoms with van der Waals surface area (Å²) in [6, 6.07) is 9.01. The number of rotatable bonds is 4. The van der Waals surface area contributed by atoms with Crippen molar-refractivity contribution in [1.29, 1.82) is 0 Å². The Hall–Kier alpha value is -2.79. The van der Waals surface area contributed by atoms with E-state index in [9.17, 15) is 18.0 Å². The summed E-state index contributed by atoms with van der Waals surface area (Å²) in [5.41, 5.74) is -1.02. The quantitative estimate of drug-likeness (QED) is 0.462. The van der Waals surface area contributed by atoms with E-state index in [-0.39, 0.29) is 41.2 Å². The Morgan fingerprint density at radius 1 is 1.21 bits per heavy atom. The molecule has 1 aromatic heterocycles. The van der Waals surface area contributed by atoms with Gasteiger partial charge in [0.15, 0.2) is 12.0 Å². The average Bonchev–Trinajstić information content (AvgIpc) is 3.29. The second kappa shape index (κ2) is 7.63. The lowest BCUT2D eigenvalue weighted by atomic mass is 9.74. The molecule has 1 saturated heterocycles. The molecule has 33 heavy (non-hydrogen) atoms. The van der Waals surface area contributed by atoms with E-state index in [0.29, 0.717) is 11.3 Å². The largest absolute Gasteiger partial charge is 0.416 e. The highest BCUT2D eigenvalue weighted by molar-refractivity contribution is 9.10. The number of ether oxygens (including phenoxy) is 1. The van der Waals surface area contributed by atoms with Crippen LogP contribution >= 0.6 is 15.9 Å². The fourth-order valence-electron chi connectivity index (χ4n) is 4.37. The third-order valence-electron chi connectivity index (χ3n) is 6.22. The first-order valence-electron chi connectivity index (χ1n) is 9.99. The molecule has 0 spiro atoms. The predicted molar refractivity (Wildman–Crippen MR) is 113 cm³/mol. The van der Waals surface area contributed by atoms with Crippen LogP contribution in [0.15, 0.2) is 47.2 Å². The maximum Gasteiger partial charge on any atom is 0.416 e. The van der Waals surface area contributed by atoms with Crippen molar-refractivity contribution in [2.24, 2.45) is 7.05 Å². The minimum absolute atomic E-state index is 0.00810. The Bertz CT molecular complexity index is 1260. The standard InChI is InChI=1S/C22H17BrF4N4O2/c1-30-11-28-29-19(30)18(24)21(9-33-10-21)12-3-2-4-14(5-12)31-8-16-15(20(31)32)6-13(23)7-17(16)22(25,26)27/h2-7,11,18H,8-10H2,1H3/t18-/m1/s1. The van der Waals surface area contributed by atoms with Crippen molar-refractivity contribution >= 4 is 27.5 Å². The molecule has 6 nitrogen and oxygen atoms in total. The number of anilines is 1. The average molecular weight is 525 g/mol. The van der Waals surface area contributed by atoms with Crippen molar-refractivity contribution < 1.29 is 27.1 Å². The van der Waals surface area contributed by atoms with Crippen molar-refractivity contribution in [2.75, 3.05) is 18.1 Å². The molecule has 0 aliphatic carbocycles. The SMILES string of the molecule is Cn1cnnc1[C@@H](F)C1(c2cccc(N3Cc4c(cc(Br)cc4C(F)(F)F)C3=O)c2)COC1. The number of hydrogen-bond donors (Lipinski definition) is 0. The zero-order valence-electron chi connectivity index (χ0n) is 17.2. The highest BCUT2D eigenvalue weighted by atomic mass is 79.9. The number of benzene rings is 2. The Balaban J connectivity index is 1.53. The molecule has 2 aromatic carbocycles. The van der Waals surface area contributed by atoms with E-state index in [1.807, 2.05) is 0 Å². The van der Waals surface area contributed by atoms with Gasteiger partial charge in [-0.1, -0.05) is 28.1 Å². The van der Waals surface area contributed by atoms with Crippen molar-refractivity contribution in [2.45, 2.75) is 24.3 Å². The number of aromatic nitrogens is 3. The summed E-state index contributed by atoms with van der Waals surface area (Å²) in [6.07, 6.45) is -4.72. The van der Waals surface area contributed by atoms with Crippen LogP contribution in [-0.4, -0.2) is 33.9 Å². The van der Waals surface area contributed by atoms with Crippen LogP contribution in [0.3, 0.4) is 0 Å². The first kappa shape index (κ1) is 22.0. The second-order valence-electron chi connectivity index (χ2n) is 8.23. The van der Waals surface area contributed by atoms with E-state index in [1.54, 1.807) is 31.3 Å². The highest BCUT2D eigenvalue weighted by Crippen LogP contribution is 2.47. The molecule has 0 radical (unpaired) electrons. The smallest absolute Gasteiger partial charge is 0.379 e. The minimum atomic E-state index is -4.60. The van der Waals surface area contributed by atoms with E-state index in [2.05, 4.69) is 26.1 Å². The lowest BCUT2D eigenvalue weighted by Crippen LogP contribution is -2.50. The molecule has 1 atom stereocenters. The molecule has 0 saturated carbocycles. The molecular formula is C22H17BrF4N4O2.